The number of carbonyl (C=O) groups excluding carboxylic acids is 2. The van der Waals surface area contributed by atoms with E-state index in [0.717, 1.165) is 16.7 Å². The van der Waals surface area contributed by atoms with Gasteiger partial charge in [-0.2, -0.15) is 0 Å². The molecule has 0 radical (unpaired) electrons. The van der Waals surface area contributed by atoms with E-state index in [2.05, 4.69) is 0 Å². The van der Waals surface area contributed by atoms with Gasteiger partial charge in [-0.1, -0.05) is 35.9 Å². The fourth-order valence-corrected chi connectivity index (χ4v) is 3.75. The van der Waals surface area contributed by atoms with Crippen LogP contribution < -0.4 is 0 Å². The van der Waals surface area contributed by atoms with Gasteiger partial charge in [-0.15, -0.1) is 0 Å². The Balaban J connectivity index is 1.99. The summed E-state index contributed by atoms with van der Waals surface area (Å²) in [5, 5.41) is 0. The Kier molecular flexibility index (Phi) is 5.87. The number of hydrogen-bond acceptors (Lipinski definition) is 5. The first-order valence-corrected chi connectivity index (χ1v) is 9.71. The molecule has 5 heteroatoms. The Morgan fingerprint density at radius 1 is 1.00 bits per heavy atom. The highest BCUT2D eigenvalue weighted by atomic mass is 16.8. The van der Waals surface area contributed by atoms with E-state index in [1.54, 1.807) is 6.08 Å². The molecule has 2 aliphatic rings. The van der Waals surface area contributed by atoms with E-state index in [1.807, 2.05) is 58.9 Å². The van der Waals surface area contributed by atoms with Crippen LogP contribution in [0.2, 0.25) is 0 Å². The second-order valence-corrected chi connectivity index (χ2v) is 8.04. The standard InChI is InChI=1S/C23H28O5/c1-14-12-15(2)20-17(13-14)9-7-11-19-21(28-23(4,5)27-19)18(24)10-6-8-16(3)26-22(20)25/h6-7,9-10,12-13,16,19,21H,8,11H2,1-5H3/b9-7+,10-6-/t16-,19-,21+/m0/s1. The van der Waals surface area contributed by atoms with E-state index in [1.165, 1.54) is 6.08 Å². The van der Waals surface area contributed by atoms with Gasteiger partial charge >= 0.3 is 5.97 Å². The summed E-state index contributed by atoms with van der Waals surface area (Å²) < 4.78 is 17.4. The van der Waals surface area contributed by atoms with Crippen LogP contribution >= 0.6 is 0 Å². The topological polar surface area (TPSA) is 61.8 Å². The average molecular weight is 384 g/mol. The highest BCUT2D eigenvalue weighted by Crippen LogP contribution is 2.31. The van der Waals surface area contributed by atoms with Crippen molar-refractivity contribution in [2.24, 2.45) is 0 Å². The van der Waals surface area contributed by atoms with Gasteiger partial charge in [0.05, 0.1) is 11.7 Å². The van der Waals surface area contributed by atoms with Gasteiger partial charge in [0.15, 0.2) is 11.6 Å². The van der Waals surface area contributed by atoms with Crippen molar-refractivity contribution >= 4 is 17.8 Å². The molecule has 2 heterocycles. The van der Waals surface area contributed by atoms with Crippen LogP contribution in [0, 0.1) is 13.8 Å². The minimum Gasteiger partial charge on any atom is -0.459 e. The Hall–Kier alpha value is -2.24. The number of benzene rings is 1. The molecular weight excluding hydrogens is 356 g/mol. The fraction of sp³-hybridized carbons (Fsp3) is 0.478. The molecule has 1 aromatic rings. The van der Waals surface area contributed by atoms with Crippen molar-refractivity contribution in [1.82, 2.24) is 0 Å². The number of aryl methyl sites for hydroxylation is 2. The zero-order chi connectivity index (χ0) is 20.5. The van der Waals surface area contributed by atoms with Crippen molar-refractivity contribution in [2.45, 2.75) is 71.6 Å². The van der Waals surface area contributed by atoms with Crippen LogP contribution in [0.4, 0.5) is 0 Å². The SMILES string of the molecule is Cc1cc(C)c2c(c1)/C=C/C[C@@H]1OC(C)(C)O[C@@H]1C(=O)/C=C\C[C@H](C)OC2=O. The molecule has 0 bridgehead atoms. The molecule has 0 saturated carbocycles. The minimum absolute atomic E-state index is 0.133. The van der Waals surface area contributed by atoms with E-state index >= 15 is 0 Å². The highest BCUT2D eigenvalue weighted by molar-refractivity contribution is 5.96. The number of fused-ring (bicyclic) bond motifs is 2. The summed E-state index contributed by atoms with van der Waals surface area (Å²) in [5.74, 6) is -1.29. The lowest BCUT2D eigenvalue weighted by molar-refractivity contribution is -0.152. The number of ether oxygens (including phenoxy) is 3. The second-order valence-electron chi connectivity index (χ2n) is 8.04. The van der Waals surface area contributed by atoms with Crippen molar-refractivity contribution in [3.63, 3.8) is 0 Å². The van der Waals surface area contributed by atoms with Gasteiger partial charge in [0.1, 0.15) is 12.2 Å². The first kappa shape index (κ1) is 20.5. The third-order valence-corrected chi connectivity index (χ3v) is 4.90. The number of hydrogen-bond donors (Lipinski definition) is 0. The summed E-state index contributed by atoms with van der Waals surface area (Å²) in [5.41, 5.74) is 3.34. The monoisotopic (exact) mass is 384 g/mol. The van der Waals surface area contributed by atoms with Gasteiger partial charge in [-0.3, -0.25) is 4.79 Å². The molecule has 3 atom stereocenters. The molecule has 0 aliphatic carbocycles. The quantitative estimate of drug-likeness (QED) is 0.624. The molecule has 3 rings (SSSR count). The predicted molar refractivity (Wildman–Crippen MR) is 107 cm³/mol. The molecule has 0 N–H and O–H groups in total. The van der Waals surface area contributed by atoms with Gasteiger partial charge in [0.25, 0.3) is 0 Å². The molecule has 1 aromatic carbocycles. The third kappa shape index (κ3) is 4.59. The molecule has 0 aromatic heterocycles. The van der Waals surface area contributed by atoms with Gasteiger partial charge in [-0.25, -0.2) is 4.79 Å². The Bertz CT molecular complexity index is 834. The zero-order valence-electron chi connectivity index (χ0n) is 17.2. The summed E-state index contributed by atoms with van der Waals surface area (Å²) in [6, 6.07) is 3.95. The van der Waals surface area contributed by atoms with Crippen LogP contribution in [-0.4, -0.2) is 35.9 Å². The molecule has 0 unspecified atom stereocenters. The number of esters is 1. The number of cyclic esters (lactones) is 1. The summed E-state index contributed by atoms with van der Waals surface area (Å²) in [6.07, 6.45) is 6.67. The molecule has 0 spiro atoms. The zero-order valence-corrected chi connectivity index (χ0v) is 17.2. The van der Waals surface area contributed by atoms with Crippen LogP contribution in [0.15, 0.2) is 30.4 Å². The van der Waals surface area contributed by atoms with Crippen LogP contribution in [0.3, 0.4) is 0 Å². The molecule has 1 saturated heterocycles. The van der Waals surface area contributed by atoms with Crippen molar-refractivity contribution in [3.05, 3.63) is 52.6 Å². The highest BCUT2D eigenvalue weighted by Gasteiger charge is 2.43. The summed E-state index contributed by atoms with van der Waals surface area (Å²) in [7, 11) is 0. The van der Waals surface area contributed by atoms with E-state index in [4.69, 9.17) is 14.2 Å². The second kappa shape index (κ2) is 8.02. The van der Waals surface area contributed by atoms with Gasteiger partial charge in [-0.05, 0) is 58.2 Å². The van der Waals surface area contributed by atoms with Crippen LogP contribution in [0.5, 0.6) is 0 Å². The maximum Gasteiger partial charge on any atom is 0.339 e. The largest absolute Gasteiger partial charge is 0.459 e. The smallest absolute Gasteiger partial charge is 0.339 e. The Morgan fingerprint density at radius 2 is 1.71 bits per heavy atom. The summed E-state index contributed by atoms with van der Waals surface area (Å²) in [6.45, 7) is 9.35. The number of rotatable bonds is 0. The molecule has 28 heavy (non-hydrogen) atoms. The summed E-state index contributed by atoms with van der Waals surface area (Å²) in [4.78, 5) is 25.3. The Labute approximate surface area is 166 Å². The van der Waals surface area contributed by atoms with Crippen molar-refractivity contribution < 1.29 is 23.8 Å². The van der Waals surface area contributed by atoms with Gasteiger partial charge < -0.3 is 14.2 Å². The van der Waals surface area contributed by atoms with E-state index in [9.17, 15) is 9.59 Å². The van der Waals surface area contributed by atoms with Gasteiger partial charge in [0.2, 0.25) is 0 Å². The lowest BCUT2D eigenvalue weighted by Gasteiger charge is -2.16. The first-order valence-electron chi connectivity index (χ1n) is 9.71. The molecule has 150 valence electrons. The first-order chi connectivity index (χ1) is 13.2. The lowest BCUT2D eigenvalue weighted by atomic mass is 9.97. The van der Waals surface area contributed by atoms with E-state index < -0.39 is 11.9 Å². The Morgan fingerprint density at radius 3 is 2.46 bits per heavy atom. The molecule has 1 fully saturated rings. The summed E-state index contributed by atoms with van der Waals surface area (Å²) >= 11 is 0. The van der Waals surface area contributed by atoms with Crippen LogP contribution in [0.25, 0.3) is 6.08 Å². The van der Waals surface area contributed by atoms with Crippen molar-refractivity contribution in [1.29, 1.82) is 0 Å². The third-order valence-electron chi connectivity index (χ3n) is 4.90. The fourth-order valence-electron chi connectivity index (χ4n) is 3.75. The van der Waals surface area contributed by atoms with E-state index in [0.29, 0.717) is 18.4 Å². The van der Waals surface area contributed by atoms with Crippen LogP contribution in [-0.2, 0) is 19.0 Å². The predicted octanol–water partition coefficient (Wildman–Crippen LogP) is 4.30. The van der Waals surface area contributed by atoms with E-state index in [-0.39, 0.29) is 24.0 Å². The lowest BCUT2D eigenvalue weighted by Crippen LogP contribution is -2.30. The average Bonchev–Trinajstić information content (AvgIpc) is 2.88. The van der Waals surface area contributed by atoms with Crippen molar-refractivity contribution in [3.8, 4) is 0 Å². The number of carbonyl (C=O) groups is 2. The normalized spacial score (nSPS) is 30.0. The van der Waals surface area contributed by atoms with Crippen molar-refractivity contribution in [2.75, 3.05) is 0 Å². The molecular formula is C23H28O5. The molecule has 5 nitrogen and oxygen atoms in total. The van der Waals surface area contributed by atoms with Gasteiger partial charge in [0, 0.05) is 6.42 Å². The molecule has 2 aliphatic heterocycles. The maximum atomic E-state index is 12.8. The minimum atomic E-state index is -0.807. The molecule has 0 amide bonds. The number of ketones is 1. The van der Waals surface area contributed by atoms with Crippen LogP contribution in [0.1, 0.15) is 60.7 Å². The maximum absolute atomic E-state index is 12.8.